The second-order valence-corrected chi connectivity index (χ2v) is 4.48. The smallest absolute Gasteiger partial charge is 0.311 e. The normalized spacial score (nSPS) is 12.2. The molecule has 0 spiro atoms. The Morgan fingerprint density at radius 3 is 2.89 bits per heavy atom. The van der Waals surface area contributed by atoms with Crippen molar-refractivity contribution < 1.29 is 14.8 Å². The lowest BCUT2D eigenvalue weighted by atomic mass is 10.2. The van der Waals surface area contributed by atoms with Gasteiger partial charge in [0.25, 0.3) is 0 Å². The van der Waals surface area contributed by atoms with Crippen LogP contribution in [-0.2, 0) is 0 Å². The van der Waals surface area contributed by atoms with E-state index in [1.54, 1.807) is 26.0 Å². The Hall–Kier alpha value is -1.66. The van der Waals surface area contributed by atoms with E-state index in [9.17, 15) is 10.1 Å². The van der Waals surface area contributed by atoms with Crippen molar-refractivity contribution in [3.05, 3.63) is 33.9 Å². The number of nitro groups is 1. The standard InChI is InChI=1S/C13H20N2O4/c1-10-4-5-13(12(8-10)15(17)18)19-7-3-6-14-9-11(2)16/h4-5,8,11,14,16H,3,6-7,9H2,1-2H3/t11-/m0/s1. The lowest BCUT2D eigenvalue weighted by molar-refractivity contribution is -0.385. The van der Waals surface area contributed by atoms with Gasteiger partial charge in [0, 0.05) is 12.6 Å². The van der Waals surface area contributed by atoms with Crippen molar-refractivity contribution in [2.75, 3.05) is 19.7 Å². The number of aliphatic hydroxyl groups is 1. The maximum absolute atomic E-state index is 10.9. The molecule has 0 aliphatic rings. The molecule has 106 valence electrons. The highest BCUT2D eigenvalue weighted by Gasteiger charge is 2.14. The lowest BCUT2D eigenvalue weighted by Gasteiger charge is -2.09. The number of hydrogen-bond donors (Lipinski definition) is 2. The van der Waals surface area contributed by atoms with Gasteiger partial charge >= 0.3 is 5.69 Å². The predicted molar refractivity (Wildman–Crippen MR) is 72.5 cm³/mol. The highest BCUT2D eigenvalue weighted by atomic mass is 16.6. The summed E-state index contributed by atoms with van der Waals surface area (Å²) in [5, 5.41) is 23.0. The van der Waals surface area contributed by atoms with E-state index >= 15 is 0 Å². The minimum Gasteiger partial charge on any atom is -0.487 e. The van der Waals surface area contributed by atoms with Gasteiger partial charge in [-0.1, -0.05) is 6.07 Å². The number of rotatable bonds is 8. The maximum atomic E-state index is 10.9. The van der Waals surface area contributed by atoms with E-state index < -0.39 is 4.92 Å². The molecule has 0 radical (unpaired) electrons. The van der Waals surface area contributed by atoms with Crippen molar-refractivity contribution in [2.45, 2.75) is 26.4 Å². The monoisotopic (exact) mass is 268 g/mol. The van der Waals surface area contributed by atoms with E-state index in [0.717, 1.165) is 12.0 Å². The van der Waals surface area contributed by atoms with Gasteiger partial charge < -0.3 is 15.2 Å². The Morgan fingerprint density at radius 1 is 1.53 bits per heavy atom. The molecular weight excluding hydrogens is 248 g/mol. The topological polar surface area (TPSA) is 84.6 Å². The Bertz CT molecular complexity index is 421. The molecule has 0 heterocycles. The van der Waals surface area contributed by atoms with Crippen LogP contribution in [-0.4, -0.2) is 35.8 Å². The quantitative estimate of drug-likeness (QED) is 0.425. The van der Waals surface area contributed by atoms with Gasteiger partial charge in [-0.15, -0.1) is 0 Å². The Balaban J connectivity index is 2.39. The molecule has 0 aliphatic carbocycles. The van der Waals surface area contributed by atoms with E-state index in [4.69, 9.17) is 9.84 Å². The molecule has 0 bridgehead atoms. The van der Waals surface area contributed by atoms with Crippen LogP contribution in [0.3, 0.4) is 0 Å². The molecule has 1 aromatic carbocycles. The molecule has 1 atom stereocenters. The van der Waals surface area contributed by atoms with Crippen molar-refractivity contribution >= 4 is 5.69 Å². The zero-order valence-electron chi connectivity index (χ0n) is 11.3. The molecule has 0 fully saturated rings. The van der Waals surface area contributed by atoms with Gasteiger partial charge in [0.1, 0.15) is 0 Å². The first-order chi connectivity index (χ1) is 9.00. The van der Waals surface area contributed by atoms with Gasteiger partial charge in [-0.05, 0) is 38.4 Å². The van der Waals surface area contributed by atoms with Gasteiger partial charge in [0.15, 0.2) is 5.75 Å². The molecule has 0 unspecified atom stereocenters. The van der Waals surface area contributed by atoms with Crippen molar-refractivity contribution in [3.8, 4) is 5.75 Å². The fourth-order valence-corrected chi connectivity index (χ4v) is 1.58. The fraction of sp³-hybridized carbons (Fsp3) is 0.538. The summed E-state index contributed by atoms with van der Waals surface area (Å²) in [6, 6.07) is 4.91. The number of nitrogens with one attached hydrogen (secondary N) is 1. The SMILES string of the molecule is Cc1ccc(OCCCNC[C@H](C)O)c([N+](=O)[O-])c1. The lowest BCUT2D eigenvalue weighted by Crippen LogP contribution is -2.26. The molecular formula is C13H20N2O4. The minimum atomic E-state index is -0.436. The van der Waals surface area contributed by atoms with Crippen LogP contribution >= 0.6 is 0 Å². The summed E-state index contributed by atoms with van der Waals surface area (Å²) in [6.45, 7) is 5.14. The third-order valence-corrected chi connectivity index (χ3v) is 2.51. The van der Waals surface area contributed by atoms with Crippen molar-refractivity contribution in [1.82, 2.24) is 5.32 Å². The maximum Gasteiger partial charge on any atom is 0.311 e. The predicted octanol–water partition coefficient (Wildman–Crippen LogP) is 1.64. The van der Waals surface area contributed by atoms with Crippen LogP contribution in [0.25, 0.3) is 0 Å². The van der Waals surface area contributed by atoms with Crippen molar-refractivity contribution in [1.29, 1.82) is 0 Å². The summed E-state index contributed by atoms with van der Waals surface area (Å²) in [5.74, 6) is 0.297. The van der Waals surface area contributed by atoms with Crippen molar-refractivity contribution in [2.24, 2.45) is 0 Å². The van der Waals surface area contributed by atoms with E-state index in [0.29, 0.717) is 25.4 Å². The van der Waals surface area contributed by atoms with E-state index in [2.05, 4.69) is 5.32 Å². The van der Waals surface area contributed by atoms with Gasteiger partial charge in [-0.2, -0.15) is 0 Å². The summed E-state index contributed by atoms with van der Waals surface area (Å²) >= 11 is 0. The largest absolute Gasteiger partial charge is 0.487 e. The molecule has 0 amide bonds. The summed E-state index contributed by atoms with van der Waals surface area (Å²) in [5.41, 5.74) is 0.828. The number of aliphatic hydroxyl groups excluding tert-OH is 1. The van der Waals surface area contributed by atoms with Gasteiger partial charge in [-0.25, -0.2) is 0 Å². The number of nitrogens with zero attached hydrogens (tertiary/aromatic N) is 1. The first kappa shape index (κ1) is 15.4. The molecule has 0 aromatic heterocycles. The van der Waals surface area contributed by atoms with Crippen LogP contribution in [0.1, 0.15) is 18.9 Å². The molecule has 1 rings (SSSR count). The Labute approximate surface area is 112 Å². The average Bonchev–Trinajstić information content (AvgIpc) is 2.34. The van der Waals surface area contributed by atoms with Crippen LogP contribution in [0.4, 0.5) is 5.69 Å². The summed E-state index contributed by atoms with van der Waals surface area (Å²) in [4.78, 5) is 10.4. The third kappa shape index (κ3) is 5.67. The summed E-state index contributed by atoms with van der Waals surface area (Å²) in [6.07, 6.45) is 0.344. The number of nitro benzene ring substituents is 1. The molecule has 6 heteroatoms. The molecule has 6 nitrogen and oxygen atoms in total. The molecule has 2 N–H and O–H groups in total. The zero-order valence-corrected chi connectivity index (χ0v) is 11.3. The van der Waals surface area contributed by atoms with Crippen LogP contribution in [0.5, 0.6) is 5.75 Å². The molecule has 1 aromatic rings. The summed E-state index contributed by atoms with van der Waals surface area (Å²) < 4.78 is 5.42. The van der Waals surface area contributed by atoms with E-state index in [1.807, 2.05) is 0 Å². The average molecular weight is 268 g/mol. The number of ether oxygens (including phenoxy) is 1. The van der Waals surface area contributed by atoms with Gasteiger partial charge in [-0.3, -0.25) is 10.1 Å². The van der Waals surface area contributed by atoms with Crippen molar-refractivity contribution in [3.63, 3.8) is 0 Å². The number of benzene rings is 1. The Kier molecular flexibility index (Phi) is 6.24. The number of aryl methyl sites for hydroxylation is 1. The molecule has 0 saturated carbocycles. The second kappa shape index (κ2) is 7.70. The molecule has 0 saturated heterocycles. The highest BCUT2D eigenvalue weighted by molar-refractivity contribution is 5.48. The highest BCUT2D eigenvalue weighted by Crippen LogP contribution is 2.27. The first-order valence-corrected chi connectivity index (χ1v) is 6.27. The molecule has 0 aliphatic heterocycles. The van der Waals surface area contributed by atoms with Gasteiger partial charge in [0.05, 0.1) is 17.6 Å². The minimum absolute atomic E-state index is 0.00283. The first-order valence-electron chi connectivity index (χ1n) is 6.27. The third-order valence-electron chi connectivity index (χ3n) is 2.51. The molecule has 19 heavy (non-hydrogen) atoms. The zero-order chi connectivity index (χ0) is 14.3. The van der Waals surface area contributed by atoms with E-state index in [1.165, 1.54) is 6.07 Å². The van der Waals surface area contributed by atoms with Crippen LogP contribution in [0.2, 0.25) is 0 Å². The Morgan fingerprint density at radius 2 is 2.26 bits per heavy atom. The van der Waals surface area contributed by atoms with Crippen LogP contribution < -0.4 is 10.1 Å². The fourth-order valence-electron chi connectivity index (χ4n) is 1.58. The summed E-state index contributed by atoms with van der Waals surface area (Å²) in [7, 11) is 0. The van der Waals surface area contributed by atoms with Crippen LogP contribution in [0.15, 0.2) is 18.2 Å². The van der Waals surface area contributed by atoms with Gasteiger partial charge in [0.2, 0.25) is 0 Å². The van der Waals surface area contributed by atoms with E-state index in [-0.39, 0.29) is 11.8 Å². The number of hydrogen-bond acceptors (Lipinski definition) is 5. The van der Waals surface area contributed by atoms with Crippen LogP contribution in [0, 0.1) is 17.0 Å². The second-order valence-electron chi connectivity index (χ2n) is 4.48.